The van der Waals surface area contributed by atoms with Gasteiger partial charge >= 0.3 is 0 Å². The summed E-state index contributed by atoms with van der Waals surface area (Å²) in [6.07, 6.45) is 0.908. The standard InChI is InChI=1S/C20H22N2O3S2/c1-3-23-17-8-19-18(24-12-25-19)7-15(17)9-21-16(6-14-4-5-26-11-14)20-22-13(2)10-27-20/h4-5,7-8,10-11,16,21H,3,6,9,12H2,1-2H3/t16-/m1/s1. The Morgan fingerprint density at radius 2 is 2.11 bits per heavy atom. The normalized spacial score (nSPS) is 13.7. The van der Waals surface area contributed by atoms with Gasteiger partial charge in [-0.15, -0.1) is 11.3 Å². The van der Waals surface area contributed by atoms with E-state index in [1.54, 1.807) is 22.7 Å². The molecule has 0 amide bonds. The average Bonchev–Trinajstić information content (AvgIpc) is 3.40. The topological polar surface area (TPSA) is 52.6 Å². The molecule has 3 heterocycles. The molecule has 0 radical (unpaired) electrons. The number of hydrogen-bond acceptors (Lipinski definition) is 7. The third kappa shape index (κ3) is 4.26. The van der Waals surface area contributed by atoms with E-state index < -0.39 is 0 Å². The third-order valence-corrected chi connectivity index (χ3v) is 6.16. The average molecular weight is 403 g/mol. The van der Waals surface area contributed by atoms with Gasteiger partial charge in [0.05, 0.1) is 12.6 Å². The lowest BCUT2D eigenvalue weighted by Gasteiger charge is -2.18. The highest BCUT2D eigenvalue weighted by molar-refractivity contribution is 7.09. The van der Waals surface area contributed by atoms with E-state index in [0.29, 0.717) is 13.2 Å². The lowest BCUT2D eigenvalue weighted by Crippen LogP contribution is -2.23. The Balaban J connectivity index is 1.55. The first-order chi connectivity index (χ1) is 13.2. The molecule has 1 aliphatic rings. The molecule has 2 aromatic heterocycles. The van der Waals surface area contributed by atoms with Crippen LogP contribution in [0.4, 0.5) is 0 Å². The van der Waals surface area contributed by atoms with Crippen molar-refractivity contribution >= 4 is 22.7 Å². The zero-order chi connectivity index (χ0) is 18.6. The first-order valence-corrected chi connectivity index (χ1v) is 10.8. The number of ether oxygens (including phenoxy) is 3. The van der Waals surface area contributed by atoms with Crippen LogP contribution >= 0.6 is 22.7 Å². The van der Waals surface area contributed by atoms with Crippen LogP contribution < -0.4 is 19.5 Å². The van der Waals surface area contributed by atoms with Crippen molar-refractivity contribution in [2.24, 2.45) is 0 Å². The van der Waals surface area contributed by atoms with Crippen molar-refractivity contribution < 1.29 is 14.2 Å². The van der Waals surface area contributed by atoms with Crippen LogP contribution in [-0.4, -0.2) is 18.4 Å². The minimum atomic E-state index is 0.151. The van der Waals surface area contributed by atoms with Crippen molar-refractivity contribution in [2.75, 3.05) is 13.4 Å². The maximum atomic E-state index is 5.82. The number of hydrogen-bond donors (Lipinski definition) is 1. The Morgan fingerprint density at radius 1 is 1.26 bits per heavy atom. The SMILES string of the molecule is CCOc1cc2c(cc1CN[C@H](Cc1ccsc1)c1nc(C)cs1)OCO2. The Bertz CT molecular complexity index is 893. The van der Waals surface area contributed by atoms with E-state index in [9.17, 15) is 0 Å². The molecule has 1 aromatic carbocycles. The van der Waals surface area contributed by atoms with Crippen LogP contribution in [0, 0.1) is 6.92 Å². The quantitative estimate of drug-likeness (QED) is 0.591. The van der Waals surface area contributed by atoms with Gasteiger partial charge in [-0.3, -0.25) is 0 Å². The first-order valence-electron chi connectivity index (χ1n) is 8.94. The van der Waals surface area contributed by atoms with Crippen LogP contribution in [0.15, 0.2) is 34.3 Å². The number of benzene rings is 1. The molecule has 0 aliphatic carbocycles. The molecule has 0 saturated carbocycles. The van der Waals surface area contributed by atoms with Gasteiger partial charge < -0.3 is 19.5 Å². The molecule has 0 fully saturated rings. The van der Waals surface area contributed by atoms with E-state index in [-0.39, 0.29) is 12.8 Å². The lowest BCUT2D eigenvalue weighted by atomic mass is 10.1. The van der Waals surface area contributed by atoms with Gasteiger partial charge in [0.1, 0.15) is 10.8 Å². The minimum absolute atomic E-state index is 0.151. The van der Waals surface area contributed by atoms with Gasteiger partial charge in [-0.2, -0.15) is 11.3 Å². The molecule has 0 spiro atoms. The predicted octanol–water partition coefficient (Wildman–Crippen LogP) is 4.71. The summed E-state index contributed by atoms with van der Waals surface area (Å²) in [6, 6.07) is 6.25. The number of nitrogens with one attached hydrogen (secondary N) is 1. The summed E-state index contributed by atoms with van der Waals surface area (Å²) in [7, 11) is 0. The van der Waals surface area contributed by atoms with Crippen molar-refractivity contribution in [3.05, 3.63) is 56.2 Å². The van der Waals surface area contributed by atoms with Gasteiger partial charge in [0.15, 0.2) is 11.5 Å². The molecule has 1 N–H and O–H groups in total. The van der Waals surface area contributed by atoms with Crippen LogP contribution in [0.25, 0.3) is 0 Å². The fourth-order valence-corrected chi connectivity index (χ4v) is 4.60. The fourth-order valence-electron chi connectivity index (χ4n) is 3.05. The lowest BCUT2D eigenvalue weighted by molar-refractivity contribution is 0.173. The molecular formula is C20H22N2O3S2. The highest BCUT2D eigenvalue weighted by Crippen LogP contribution is 2.38. The summed E-state index contributed by atoms with van der Waals surface area (Å²) >= 11 is 3.43. The molecule has 3 aromatic rings. The number of aryl methyl sites for hydroxylation is 1. The zero-order valence-electron chi connectivity index (χ0n) is 15.4. The second kappa shape index (κ2) is 8.29. The highest BCUT2D eigenvalue weighted by atomic mass is 32.1. The number of thiazole rings is 1. The Morgan fingerprint density at radius 3 is 2.81 bits per heavy atom. The smallest absolute Gasteiger partial charge is 0.231 e. The Hall–Kier alpha value is -2.09. The largest absolute Gasteiger partial charge is 0.493 e. The van der Waals surface area contributed by atoms with Gasteiger partial charge in [0.2, 0.25) is 6.79 Å². The second-order valence-corrected chi connectivity index (χ2v) is 8.01. The highest BCUT2D eigenvalue weighted by Gasteiger charge is 2.20. The number of nitrogens with zero attached hydrogens (tertiary/aromatic N) is 1. The molecule has 27 heavy (non-hydrogen) atoms. The molecule has 4 rings (SSSR count). The van der Waals surface area contributed by atoms with Crippen LogP contribution in [0.1, 0.15) is 34.8 Å². The third-order valence-electron chi connectivity index (χ3n) is 4.35. The van der Waals surface area contributed by atoms with E-state index in [1.165, 1.54) is 5.56 Å². The van der Waals surface area contributed by atoms with Crippen LogP contribution in [-0.2, 0) is 13.0 Å². The van der Waals surface area contributed by atoms with E-state index >= 15 is 0 Å². The van der Waals surface area contributed by atoms with Crippen molar-refractivity contribution in [1.82, 2.24) is 10.3 Å². The minimum Gasteiger partial charge on any atom is -0.493 e. The molecule has 0 saturated heterocycles. The van der Waals surface area contributed by atoms with E-state index in [4.69, 9.17) is 19.2 Å². The summed E-state index contributed by atoms with van der Waals surface area (Å²) in [4.78, 5) is 4.70. The molecular weight excluding hydrogens is 380 g/mol. The van der Waals surface area contributed by atoms with Crippen LogP contribution in [0.2, 0.25) is 0 Å². The van der Waals surface area contributed by atoms with E-state index in [0.717, 1.165) is 39.9 Å². The number of rotatable bonds is 8. The van der Waals surface area contributed by atoms with Gasteiger partial charge in [0.25, 0.3) is 0 Å². The predicted molar refractivity (Wildman–Crippen MR) is 108 cm³/mol. The zero-order valence-corrected chi connectivity index (χ0v) is 17.0. The molecule has 0 bridgehead atoms. The van der Waals surface area contributed by atoms with E-state index in [2.05, 4.69) is 27.5 Å². The molecule has 1 atom stereocenters. The van der Waals surface area contributed by atoms with E-state index in [1.807, 2.05) is 26.0 Å². The molecule has 7 heteroatoms. The summed E-state index contributed by atoms with van der Waals surface area (Å²) < 4.78 is 16.8. The number of fused-ring (bicyclic) bond motifs is 1. The Labute approximate surface area is 166 Å². The fraction of sp³-hybridized carbons (Fsp3) is 0.350. The van der Waals surface area contributed by atoms with Gasteiger partial charge in [-0.25, -0.2) is 4.98 Å². The Kier molecular flexibility index (Phi) is 5.61. The number of thiophene rings is 1. The molecule has 142 valence electrons. The molecule has 1 aliphatic heterocycles. The summed E-state index contributed by atoms with van der Waals surface area (Å²) in [5, 5.41) is 11.2. The summed E-state index contributed by atoms with van der Waals surface area (Å²) in [5.41, 5.74) is 3.44. The maximum absolute atomic E-state index is 5.82. The van der Waals surface area contributed by atoms with Crippen molar-refractivity contribution in [1.29, 1.82) is 0 Å². The second-order valence-electron chi connectivity index (χ2n) is 6.34. The molecule has 5 nitrogen and oxygen atoms in total. The summed E-state index contributed by atoms with van der Waals surface area (Å²) in [6.45, 7) is 5.55. The summed E-state index contributed by atoms with van der Waals surface area (Å²) in [5.74, 6) is 2.35. The van der Waals surface area contributed by atoms with Gasteiger partial charge in [0, 0.05) is 29.2 Å². The van der Waals surface area contributed by atoms with Gasteiger partial charge in [-0.1, -0.05) is 0 Å². The maximum Gasteiger partial charge on any atom is 0.231 e. The van der Waals surface area contributed by atoms with Crippen molar-refractivity contribution in [3.63, 3.8) is 0 Å². The van der Waals surface area contributed by atoms with Crippen LogP contribution in [0.3, 0.4) is 0 Å². The van der Waals surface area contributed by atoms with Crippen molar-refractivity contribution in [3.8, 4) is 17.2 Å². The first kappa shape index (κ1) is 18.3. The van der Waals surface area contributed by atoms with Crippen LogP contribution in [0.5, 0.6) is 17.2 Å². The number of aromatic nitrogens is 1. The van der Waals surface area contributed by atoms with Gasteiger partial charge in [-0.05, 0) is 48.7 Å². The monoisotopic (exact) mass is 402 g/mol. The van der Waals surface area contributed by atoms with Crippen molar-refractivity contribution in [2.45, 2.75) is 32.9 Å². The molecule has 0 unspecified atom stereocenters.